The third-order valence-electron chi connectivity index (χ3n) is 3.54. The molecule has 7 heteroatoms. The molecule has 3 rings (SSSR count). The van der Waals surface area contributed by atoms with Crippen LogP contribution >= 0.6 is 11.3 Å². The molecule has 0 spiro atoms. The van der Waals surface area contributed by atoms with E-state index >= 15 is 0 Å². The monoisotopic (exact) mass is 324 g/mol. The molecule has 5 nitrogen and oxygen atoms in total. The molecule has 0 fully saturated rings. The van der Waals surface area contributed by atoms with Crippen molar-refractivity contribution in [2.45, 2.75) is 30.7 Å². The van der Waals surface area contributed by atoms with Gasteiger partial charge in [-0.2, -0.15) is 0 Å². The maximum absolute atomic E-state index is 12.2. The average molecular weight is 324 g/mol. The topological polar surface area (TPSA) is 92.4 Å². The molecule has 0 bridgehead atoms. The van der Waals surface area contributed by atoms with Gasteiger partial charge in [-0.1, -0.05) is 0 Å². The molecule has 2 aromatic rings. The van der Waals surface area contributed by atoms with Crippen molar-refractivity contribution in [3.8, 4) is 5.75 Å². The van der Waals surface area contributed by atoms with Crippen LogP contribution in [0.25, 0.3) is 0 Å². The Morgan fingerprint density at radius 3 is 2.81 bits per heavy atom. The summed E-state index contributed by atoms with van der Waals surface area (Å²) in [5.41, 5.74) is 6.93. The van der Waals surface area contributed by atoms with Crippen molar-refractivity contribution in [2.24, 2.45) is 0 Å². The van der Waals surface area contributed by atoms with E-state index in [1.807, 2.05) is 0 Å². The number of anilines is 1. The number of hydrogen-bond donors (Lipinski definition) is 3. The highest BCUT2D eigenvalue weighted by atomic mass is 32.2. The molecule has 0 saturated heterocycles. The Morgan fingerprint density at radius 1 is 1.29 bits per heavy atom. The maximum atomic E-state index is 12.2. The highest BCUT2D eigenvalue weighted by Crippen LogP contribution is 2.30. The molecule has 0 saturated carbocycles. The van der Waals surface area contributed by atoms with Crippen LogP contribution < -0.4 is 10.5 Å². The third kappa shape index (κ3) is 2.90. The first-order valence-corrected chi connectivity index (χ1v) is 8.94. The summed E-state index contributed by atoms with van der Waals surface area (Å²) in [5.74, 6) is -0.122. The summed E-state index contributed by atoms with van der Waals surface area (Å²) in [7, 11) is -3.62. The number of sulfonamides is 1. The van der Waals surface area contributed by atoms with E-state index < -0.39 is 10.0 Å². The van der Waals surface area contributed by atoms with Crippen LogP contribution in [-0.4, -0.2) is 13.5 Å². The number of rotatable bonds is 4. The molecule has 0 radical (unpaired) electrons. The fourth-order valence-corrected chi connectivity index (χ4v) is 4.76. The van der Waals surface area contributed by atoms with Gasteiger partial charge in [0.1, 0.15) is 5.75 Å². The van der Waals surface area contributed by atoms with Crippen LogP contribution in [0.4, 0.5) is 5.69 Å². The van der Waals surface area contributed by atoms with Crippen LogP contribution in [0.15, 0.2) is 29.2 Å². The average Bonchev–Trinajstić information content (AvgIpc) is 3.00. The van der Waals surface area contributed by atoms with Crippen molar-refractivity contribution in [1.29, 1.82) is 0 Å². The number of phenolic OH excluding ortho intramolecular Hbond substituents is 1. The van der Waals surface area contributed by atoms with Crippen molar-refractivity contribution >= 4 is 27.0 Å². The van der Waals surface area contributed by atoms with E-state index in [2.05, 4.69) is 10.8 Å². The SMILES string of the molecule is Nc1cc(S(=O)(=O)NCc2cc3c(s2)CCC3)ccc1O. The maximum Gasteiger partial charge on any atom is 0.240 e. The molecule has 0 unspecified atom stereocenters. The molecule has 1 heterocycles. The smallest absolute Gasteiger partial charge is 0.240 e. The lowest BCUT2D eigenvalue weighted by Crippen LogP contribution is -2.22. The predicted molar refractivity (Wildman–Crippen MR) is 82.9 cm³/mol. The highest BCUT2D eigenvalue weighted by molar-refractivity contribution is 7.89. The van der Waals surface area contributed by atoms with Crippen molar-refractivity contribution in [1.82, 2.24) is 4.72 Å². The lowest BCUT2D eigenvalue weighted by atomic mass is 10.2. The summed E-state index contributed by atoms with van der Waals surface area (Å²) < 4.78 is 27.0. The highest BCUT2D eigenvalue weighted by Gasteiger charge is 2.18. The number of nitrogens with one attached hydrogen (secondary N) is 1. The molecule has 1 aliphatic rings. The zero-order valence-corrected chi connectivity index (χ0v) is 12.9. The summed E-state index contributed by atoms with van der Waals surface area (Å²) >= 11 is 1.67. The largest absolute Gasteiger partial charge is 0.506 e. The molecule has 1 aromatic heterocycles. The van der Waals surface area contributed by atoms with E-state index in [4.69, 9.17) is 5.73 Å². The number of nitrogen functional groups attached to an aromatic ring is 1. The van der Waals surface area contributed by atoms with Gasteiger partial charge in [-0.05, 0) is 49.1 Å². The van der Waals surface area contributed by atoms with E-state index in [1.165, 1.54) is 35.1 Å². The molecule has 4 N–H and O–H groups in total. The summed E-state index contributed by atoms with van der Waals surface area (Å²) in [6.45, 7) is 0.279. The first-order chi connectivity index (χ1) is 9.95. The molecule has 112 valence electrons. The second kappa shape index (κ2) is 5.32. The van der Waals surface area contributed by atoms with Gasteiger partial charge in [0, 0.05) is 16.3 Å². The number of benzene rings is 1. The van der Waals surface area contributed by atoms with Gasteiger partial charge >= 0.3 is 0 Å². The normalized spacial score (nSPS) is 14.3. The van der Waals surface area contributed by atoms with Gasteiger partial charge in [0.05, 0.1) is 10.6 Å². The number of aryl methyl sites for hydroxylation is 2. The van der Waals surface area contributed by atoms with E-state index in [0.717, 1.165) is 17.7 Å². The number of phenols is 1. The Hall–Kier alpha value is -1.57. The van der Waals surface area contributed by atoms with Gasteiger partial charge in [-0.3, -0.25) is 0 Å². The molecule has 0 atom stereocenters. The number of nitrogens with two attached hydrogens (primary N) is 1. The third-order valence-corrected chi connectivity index (χ3v) is 6.18. The first-order valence-electron chi connectivity index (χ1n) is 6.64. The van der Waals surface area contributed by atoms with E-state index in [0.29, 0.717) is 0 Å². The van der Waals surface area contributed by atoms with E-state index in [1.54, 1.807) is 11.3 Å². The second-order valence-electron chi connectivity index (χ2n) is 5.06. The van der Waals surface area contributed by atoms with Gasteiger partial charge < -0.3 is 10.8 Å². The molecule has 0 aliphatic heterocycles. The molecule has 1 aromatic carbocycles. The minimum absolute atomic E-state index is 0.0491. The van der Waals surface area contributed by atoms with Gasteiger partial charge in [-0.15, -0.1) is 11.3 Å². The Labute approximate surface area is 127 Å². The summed E-state index contributed by atoms with van der Waals surface area (Å²) in [4.78, 5) is 2.45. The first kappa shape index (κ1) is 14.4. The Morgan fingerprint density at radius 2 is 2.10 bits per heavy atom. The van der Waals surface area contributed by atoms with Crippen molar-refractivity contribution < 1.29 is 13.5 Å². The van der Waals surface area contributed by atoms with Crippen LogP contribution in [0, 0.1) is 0 Å². The Bertz CT molecular complexity index is 760. The van der Waals surface area contributed by atoms with Crippen LogP contribution in [-0.2, 0) is 29.4 Å². The van der Waals surface area contributed by atoms with Crippen molar-refractivity contribution in [3.05, 3.63) is 39.6 Å². The van der Waals surface area contributed by atoms with Crippen molar-refractivity contribution in [2.75, 3.05) is 5.73 Å². The second-order valence-corrected chi connectivity index (χ2v) is 8.05. The predicted octanol–water partition coefficient (Wildman–Crippen LogP) is 2.00. The van der Waals surface area contributed by atoms with E-state index in [-0.39, 0.29) is 22.9 Å². The van der Waals surface area contributed by atoms with Gasteiger partial charge in [0.25, 0.3) is 0 Å². The van der Waals surface area contributed by atoms with Gasteiger partial charge in [-0.25, -0.2) is 13.1 Å². The molecular formula is C14H16N2O3S2. The zero-order chi connectivity index (χ0) is 15.0. The molecular weight excluding hydrogens is 308 g/mol. The number of thiophene rings is 1. The van der Waals surface area contributed by atoms with Gasteiger partial charge in [0.2, 0.25) is 10.0 Å². The molecule has 1 aliphatic carbocycles. The Kier molecular flexibility index (Phi) is 3.64. The molecule has 0 amide bonds. The van der Waals surface area contributed by atoms with Crippen LogP contribution in [0.5, 0.6) is 5.75 Å². The van der Waals surface area contributed by atoms with E-state index in [9.17, 15) is 13.5 Å². The van der Waals surface area contributed by atoms with Crippen LogP contribution in [0.1, 0.15) is 21.7 Å². The minimum Gasteiger partial charge on any atom is -0.506 e. The molecule has 21 heavy (non-hydrogen) atoms. The minimum atomic E-state index is -3.62. The fourth-order valence-electron chi connectivity index (χ4n) is 2.43. The lowest BCUT2D eigenvalue weighted by molar-refractivity contribution is 0.477. The summed E-state index contributed by atoms with van der Waals surface area (Å²) in [5, 5.41) is 9.35. The summed E-state index contributed by atoms with van der Waals surface area (Å²) in [6.07, 6.45) is 3.38. The van der Waals surface area contributed by atoms with Crippen LogP contribution in [0.2, 0.25) is 0 Å². The number of aromatic hydroxyl groups is 1. The number of hydrogen-bond acceptors (Lipinski definition) is 5. The zero-order valence-electron chi connectivity index (χ0n) is 11.3. The quantitative estimate of drug-likeness (QED) is 0.592. The Balaban J connectivity index is 1.74. The van der Waals surface area contributed by atoms with Crippen molar-refractivity contribution in [3.63, 3.8) is 0 Å². The van der Waals surface area contributed by atoms with Crippen LogP contribution in [0.3, 0.4) is 0 Å². The van der Waals surface area contributed by atoms with Gasteiger partial charge in [0.15, 0.2) is 0 Å². The lowest BCUT2D eigenvalue weighted by Gasteiger charge is -2.07. The fraction of sp³-hybridized carbons (Fsp3) is 0.286. The standard InChI is InChI=1S/C14H16N2O3S2/c15-12-7-11(4-5-13(12)17)21(18,19)16-8-10-6-9-2-1-3-14(9)20-10/h4-7,16-17H,1-3,8,15H2. The number of fused-ring (bicyclic) bond motifs is 1. The summed E-state index contributed by atoms with van der Waals surface area (Å²) in [6, 6.07) is 5.96.